The Labute approximate surface area is 122 Å². The molecule has 21 heavy (non-hydrogen) atoms. The number of rotatable bonds is 5. The zero-order chi connectivity index (χ0) is 16.0. The Morgan fingerprint density at radius 3 is 2.62 bits per heavy atom. The minimum atomic E-state index is -1.14. The number of pyridine rings is 1. The first kappa shape index (κ1) is 16.4. The van der Waals surface area contributed by atoms with Crippen molar-refractivity contribution in [2.45, 2.75) is 19.9 Å². The maximum absolute atomic E-state index is 11.8. The standard InChI is InChI=1S/C13H18N4O4/c1-4-17(3)11(18)8(2)15-13(21)16-10-5-9(12(19)20)6-14-7-10/h5-8H,4H2,1-3H3,(H,19,20)(H2,15,16,21). The summed E-state index contributed by atoms with van der Waals surface area (Å²) in [6.45, 7) is 3.94. The van der Waals surface area contributed by atoms with Crippen LogP contribution in [0.3, 0.4) is 0 Å². The average Bonchev–Trinajstić information content (AvgIpc) is 2.45. The molecule has 114 valence electrons. The zero-order valence-corrected chi connectivity index (χ0v) is 12.1. The number of aromatic carboxylic acids is 1. The minimum absolute atomic E-state index is 0.0392. The molecule has 1 rings (SSSR count). The van der Waals surface area contributed by atoms with E-state index in [1.807, 2.05) is 6.92 Å². The maximum Gasteiger partial charge on any atom is 0.337 e. The molecule has 8 heteroatoms. The van der Waals surface area contributed by atoms with E-state index in [4.69, 9.17) is 5.11 Å². The fraction of sp³-hybridized carbons (Fsp3) is 0.385. The first-order valence-electron chi connectivity index (χ1n) is 6.36. The second kappa shape index (κ2) is 7.22. The molecule has 1 aromatic heterocycles. The van der Waals surface area contributed by atoms with Crippen molar-refractivity contribution in [1.82, 2.24) is 15.2 Å². The summed E-state index contributed by atoms with van der Waals surface area (Å²) in [5.41, 5.74) is 0.193. The SMILES string of the molecule is CCN(C)C(=O)C(C)NC(=O)Nc1cncc(C(=O)O)c1. The van der Waals surface area contributed by atoms with E-state index in [0.29, 0.717) is 6.54 Å². The fourth-order valence-electron chi connectivity index (χ4n) is 1.54. The highest BCUT2D eigenvalue weighted by atomic mass is 16.4. The van der Waals surface area contributed by atoms with Crippen LogP contribution in [0.25, 0.3) is 0 Å². The zero-order valence-electron chi connectivity index (χ0n) is 12.1. The van der Waals surface area contributed by atoms with Gasteiger partial charge in [0.05, 0.1) is 17.4 Å². The first-order valence-corrected chi connectivity index (χ1v) is 6.36. The molecule has 1 unspecified atom stereocenters. The van der Waals surface area contributed by atoms with E-state index in [9.17, 15) is 14.4 Å². The molecule has 0 aliphatic carbocycles. The number of carbonyl (C=O) groups is 3. The summed E-state index contributed by atoms with van der Waals surface area (Å²) in [4.78, 5) is 39.5. The molecular weight excluding hydrogens is 276 g/mol. The molecular formula is C13H18N4O4. The quantitative estimate of drug-likeness (QED) is 0.742. The Kier molecular flexibility index (Phi) is 5.65. The summed E-state index contributed by atoms with van der Waals surface area (Å²) in [5, 5.41) is 13.7. The highest BCUT2D eigenvalue weighted by Crippen LogP contribution is 2.08. The number of amides is 3. The summed E-state index contributed by atoms with van der Waals surface area (Å²) in [7, 11) is 1.64. The molecule has 1 heterocycles. The molecule has 3 N–H and O–H groups in total. The Morgan fingerprint density at radius 2 is 2.05 bits per heavy atom. The number of anilines is 1. The summed E-state index contributed by atoms with van der Waals surface area (Å²) >= 11 is 0. The molecule has 0 aliphatic rings. The fourth-order valence-corrected chi connectivity index (χ4v) is 1.54. The maximum atomic E-state index is 11.8. The number of nitrogens with zero attached hydrogens (tertiary/aromatic N) is 2. The lowest BCUT2D eigenvalue weighted by atomic mass is 10.2. The smallest absolute Gasteiger partial charge is 0.337 e. The van der Waals surface area contributed by atoms with Crippen LogP contribution in [0.1, 0.15) is 24.2 Å². The van der Waals surface area contributed by atoms with Crippen molar-refractivity contribution in [3.05, 3.63) is 24.0 Å². The van der Waals surface area contributed by atoms with Crippen LogP contribution in [0.5, 0.6) is 0 Å². The summed E-state index contributed by atoms with van der Waals surface area (Å²) in [5.74, 6) is -1.36. The van der Waals surface area contributed by atoms with Crippen LogP contribution in [0.2, 0.25) is 0 Å². The lowest BCUT2D eigenvalue weighted by Crippen LogP contribution is -2.46. The number of hydrogen-bond donors (Lipinski definition) is 3. The van der Waals surface area contributed by atoms with Gasteiger partial charge in [0.2, 0.25) is 5.91 Å². The van der Waals surface area contributed by atoms with Crippen LogP contribution in [0, 0.1) is 0 Å². The second-order valence-electron chi connectivity index (χ2n) is 4.44. The molecule has 0 bridgehead atoms. The minimum Gasteiger partial charge on any atom is -0.478 e. The van der Waals surface area contributed by atoms with Crippen LogP contribution in [0.15, 0.2) is 18.5 Å². The largest absolute Gasteiger partial charge is 0.478 e. The van der Waals surface area contributed by atoms with Crippen molar-refractivity contribution in [2.24, 2.45) is 0 Å². The molecule has 0 saturated heterocycles. The van der Waals surface area contributed by atoms with Gasteiger partial charge >= 0.3 is 12.0 Å². The molecule has 0 aromatic carbocycles. The highest BCUT2D eigenvalue weighted by molar-refractivity contribution is 5.95. The molecule has 8 nitrogen and oxygen atoms in total. The number of likely N-dealkylation sites (N-methyl/N-ethyl adjacent to an activating group) is 1. The van der Waals surface area contributed by atoms with Crippen molar-refractivity contribution in [3.8, 4) is 0 Å². The predicted octanol–water partition coefficient (Wildman–Crippen LogP) is 0.768. The molecule has 0 radical (unpaired) electrons. The topological polar surface area (TPSA) is 112 Å². The van der Waals surface area contributed by atoms with E-state index < -0.39 is 18.0 Å². The number of carbonyl (C=O) groups excluding carboxylic acids is 2. The van der Waals surface area contributed by atoms with E-state index >= 15 is 0 Å². The molecule has 0 fully saturated rings. The van der Waals surface area contributed by atoms with Crippen LogP contribution in [-0.2, 0) is 4.79 Å². The molecule has 1 atom stereocenters. The van der Waals surface area contributed by atoms with Crippen molar-refractivity contribution < 1.29 is 19.5 Å². The summed E-state index contributed by atoms with van der Waals surface area (Å²) in [6, 6.07) is -0.0187. The lowest BCUT2D eigenvalue weighted by molar-refractivity contribution is -0.131. The number of carboxylic acids is 1. The molecule has 0 saturated carbocycles. The normalized spacial score (nSPS) is 11.4. The van der Waals surface area contributed by atoms with Crippen LogP contribution < -0.4 is 10.6 Å². The predicted molar refractivity (Wildman–Crippen MR) is 76.1 cm³/mol. The number of aromatic nitrogens is 1. The Bertz CT molecular complexity index is 547. The average molecular weight is 294 g/mol. The van der Waals surface area contributed by atoms with Gasteiger partial charge in [-0.1, -0.05) is 0 Å². The van der Waals surface area contributed by atoms with Crippen molar-refractivity contribution >= 4 is 23.6 Å². The van der Waals surface area contributed by atoms with Crippen molar-refractivity contribution in [3.63, 3.8) is 0 Å². The van der Waals surface area contributed by atoms with Crippen molar-refractivity contribution in [1.29, 1.82) is 0 Å². The second-order valence-corrected chi connectivity index (χ2v) is 4.44. The van der Waals surface area contributed by atoms with E-state index in [0.717, 1.165) is 0 Å². The van der Waals surface area contributed by atoms with Gasteiger partial charge in [-0.25, -0.2) is 9.59 Å². The number of nitrogens with one attached hydrogen (secondary N) is 2. The van der Waals surface area contributed by atoms with Crippen LogP contribution in [0.4, 0.5) is 10.5 Å². The first-order chi connectivity index (χ1) is 9.85. The van der Waals surface area contributed by atoms with E-state index in [2.05, 4.69) is 15.6 Å². The van der Waals surface area contributed by atoms with E-state index in [1.54, 1.807) is 14.0 Å². The van der Waals surface area contributed by atoms with Gasteiger partial charge in [-0.05, 0) is 19.9 Å². The summed E-state index contributed by atoms with van der Waals surface area (Å²) in [6.07, 6.45) is 2.49. The van der Waals surface area contributed by atoms with Gasteiger partial charge < -0.3 is 20.6 Å². The molecule has 1 aromatic rings. The monoisotopic (exact) mass is 294 g/mol. The van der Waals surface area contributed by atoms with Gasteiger partial charge in [0, 0.05) is 19.8 Å². The Hall–Kier alpha value is -2.64. The third kappa shape index (κ3) is 4.75. The van der Waals surface area contributed by atoms with Crippen molar-refractivity contribution in [2.75, 3.05) is 18.9 Å². The van der Waals surface area contributed by atoms with Crippen LogP contribution >= 0.6 is 0 Å². The third-order valence-electron chi connectivity index (χ3n) is 2.81. The summed E-state index contributed by atoms with van der Waals surface area (Å²) < 4.78 is 0. The highest BCUT2D eigenvalue weighted by Gasteiger charge is 2.18. The van der Waals surface area contributed by atoms with Gasteiger partial charge in [-0.3, -0.25) is 9.78 Å². The third-order valence-corrected chi connectivity index (χ3v) is 2.81. The molecule has 0 aliphatic heterocycles. The van der Waals surface area contributed by atoms with Gasteiger partial charge in [-0.15, -0.1) is 0 Å². The Morgan fingerprint density at radius 1 is 1.38 bits per heavy atom. The van der Waals surface area contributed by atoms with Gasteiger partial charge in [0.1, 0.15) is 6.04 Å². The lowest BCUT2D eigenvalue weighted by Gasteiger charge is -2.20. The molecule has 3 amide bonds. The van der Waals surface area contributed by atoms with E-state index in [-0.39, 0.29) is 17.2 Å². The molecule has 0 spiro atoms. The number of carboxylic acid groups (broad SMARTS) is 1. The number of urea groups is 1. The van der Waals surface area contributed by atoms with Gasteiger partial charge in [0.25, 0.3) is 0 Å². The van der Waals surface area contributed by atoms with Gasteiger partial charge in [0.15, 0.2) is 0 Å². The van der Waals surface area contributed by atoms with Crippen LogP contribution in [-0.4, -0.2) is 52.5 Å². The Balaban J connectivity index is 2.63. The van der Waals surface area contributed by atoms with Gasteiger partial charge in [-0.2, -0.15) is 0 Å². The number of hydrogen-bond acceptors (Lipinski definition) is 4. The van der Waals surface area contributed by atoms with E-state index in [1.165, 1.54) is 23.4 Å².